The van der Waals surface area contributed by atoms with Crippen LogP contribution in [0.3, 0.4) is 0 Å². The zero-order chi connectivity index (χ0) is 24.4. The first-order chi connectivity index (χ1) is 16.3. The summed E-state index contributed by atoms with van der Waals surface area (Å²) >= 11 is 0. The fraction of sp³-hybridized carbons (Fsp3) is 0.400. The molecule has 1 saturated heterocycles. The van der Waals surface area contributed by atoms with E-state index in [1.54, 1.807) is 24.1 Å². The van der Waals surface area contributed by atoms with Gasteiger partial charge in [-0.3, -0.25) is 9.80 Å². The molecule has 0 radical (unpaired) electrons. The van der Waals surface area contributed by atoms with Gasteiger partial charge >= 0.3 is 5.97 Å². The average molecular weight is 474 g/mol. The number of aromatic amines is 1. The number of ether oxygens (including phenoxy) is 2. The minimum absolute atomic E-state index is 0.0623. The number of piperazine rings is 1. The Bertz CT molecular complexity index is 1180. The van der Waals surface area contributed by atoms with Crippen LogP contribution in [0.1, 0.15) is 33.1 Å². The lowest BCUT2D eigenvalue weighted by atomic mass is 9.98. The molecule has 2 aromatic carbocycles. The van der Waals surface area contributed by atoms with Crippen LogP contribution in [-0.2, 0) is 6.54 Å². The van der Waals surface area contributed by atoms with Gasteiger partial charge in [0.05, 0.1) is 20.8 Å². The molecule has 1 fully saturated rings. The number of alkyl halides is 2. The van der Waals surface area contributed by atoms with Gasteiger partial charge < -0.3 is 19.6 Å². The van der Waals surface area contributed by atoms with Gasteiger partial charge in [0.1, 0.15) is 17.1 Å². The number of aryl methyl sites for hydroxylation is 1. The summed E-state index contributed by atoms with van der Waals surface area (Å²) in [6.07, 6.45) is -0.526. The summed E-state index contributed by atoms with van der Waals surface area (Å²) in [6.45, 7) is 3.75. The highest BCUT2D eigenvalue weighted by Gasteiger charge is 2.31. The lowest BCUT2D eigenvalue weighted by Crippen LogP contribution is -2.49. The highest BCUT2D eigenvalue weighted by Crippen LogP contribution is 2.36. The van der Waals surface area contributed by atoms with E-state index in [4.69, 9.17) is 9.47 Å². The third-order valence-corrected chi connectivity index (χ3v) is 6.50. The van der Waals surface area contributed by atoms with Crippen molar-refractivity contribution in [3.8, 4) is 11.5 Å². The molecule has 9 heteroatoms. The van der Waals surface area contributed by atoms with E-state index < -0.39 is 12.4 Å². The molecule has 1 aromatic heterocycles. The maximum atomic E-state index is 13.2. The number of halogens is 2. The van der Waals surface area contributed by atoms with Crippen molar-refractivity contribution in [2.75, 3.05) is 40.4 Å². The number of nitrogens with one attached hydrogen (secondary N) is 1. The van der Waals surface area contributed by atoms with Crippen LogP contribution in [0.5, 0.6) is 11.5 Å². The molecule has 4 rings (SSSR count). The van der Waals surface area contributed by atoms with Crippen LogP contribution in [0.25, 0.3) is 10.9 Å². The molecule has 7 nitrogen and oxygen atoms in total. The standard InChI is InChI=1S/C25H29F2N3O4/c1-15-10-21(33-2)19(17-6-7-28-24(15)17)12-30-9-8-29(14-23(26)27)13-20(30)16-4-5-18(25(31)32)22(11-16)34-3/h4-7,10-11,20,23,28H,8-9,12-14H2,1-3H3,(H,31,32)/t20-/m1/s1. The number of carboxylic acids is 1. The molecule has 0 saturated carbocycles. The van der Waals surface area contributed by atoms with Crippen molar-refractivity contribution in [1.29, 1.82) is 0 Å². The van der Waals surface area contributed by atoms with Gasteiger partial charge in [0.2, 0.25) is 0 Å². The number of aromatic nitrogens is 1. The molecule has 1 aliphatic rings. The predicted octanol–water partition coefficient (Wildman–Crippen LogP) is 4.32. The Hall–Kier alpha value is -3.17. The maximum Gasteiger partial charge on any atom is 0.339 e. The predicted molar refractivity (Wildman–Crippen MR) is 125 cm³/mol. The molecular formula is C25H29F2N3O4. The third kappa shape index (κ3) is 4.71. The smallest absolute Gasteiger partial charge is 0.339 e. The molecule has 0 aliphatic carbocycles. The summed E-state index contributed by atoms with van der Waals surface area (Å²) in [4.78, 5) is 18.8. The first-order valence-corrected chi connectivity index (χ1v) is 11.1. The van der Waals surface area contributed by atoms with Gasteiger partial charge in [-0.2, -0.15) is 0 Å². The van der Waals surface area contributed by atoms with Crippen LogP contribution in [0.15, 0.2) is 36.5 Å². The zero-order valence-corrected chi connectivity index (χ0v) is 19.5. The van der Waals surface area contributed by atoms with Gasteiger partial charge in [0, 0.05) is 54.9 Å². The second kappa shape index (κ2) is 9.99. The number of hydrogen-bond donors (Lipinski definition) is 2. The molecule has 2 N–H and O–H groups in total. The monoisotopic (exact) mass is 473 g/mol. The van der Waals surface area contributed by atoms with Gasteiger partial charge in [-0.1, -0.05) is 6.07 Å². The second-order valence-corrected chi connectivity index (χ2v) is 8.54. The van der Waals surface area contributed by atoms with Crippen LogP contribution < -0.4 is 9.47 Å². The minimum atomic E-state index is -2.42. The second-order valence-electron chi connectivity index (χ2n) is 8.54. The Morgan fingerprint density at radius 3 is 2.62 bits per heavy atom. The number of H-pyrrole nitrogens is 1. The quantitative estimate of drug-likeness (QED) is 0.508. The molecule has 0 spiro atoms. The Labute approximate surface area is 196 Å². The minimum Gasteiger partial charge on any atom is -0.496 e. The van der Waals surface area contributed by atoms with Crippen LogP contribution in [0.4, 0.5) is 8.78 Å². The van der Waals surface area contributed by atoms with Gasteiger partial charge in [0.25, 0.3) is 6.43 Å². The molecule has 1 aliphatic heterocycles. The molecule has 2 heterocycles. The Kier molecular flexibility index (Phi) is 7.04. The van der Waals surface area contributed by atoms with Gasteiger partial charge in [-0.15, -0.1) is 0 Å². The Morgan fingerprint density at radius 1 is 1.18 bits per heavy atom. The van der Waals surface area contributed by atoms with Crippen molar-refractivity contribution in [2.45, 2.75) is 25.9 Å². The number of hydrogen-bond acceptors (Lipinski definition) is 5. The van der Waals surface area contributed by atoms with Crippen LogP contribution in [0, 0.1) is 6.92 Å². The fourth-order valence-electron chi connectivity index (χ4n) is 4.82. The number of carbonyl (C=O) groups is 1. The van der Waals surface area contributed by atoms with Crippen LogP contribution in [-0.4, -0.2) is 72.7 Å². The summed E-state index contributed by atoms with van der Waals surface area (Å²) in [7, 11) is 3.07. The molecule has 0 amide bonds. The number of methoxy groups -OCH3 is 2. The molecule has 0 bridgehead atoms. The number of benzene rings is 2. The number of carboxylic acid groups (broad SMARTS) is 1. The van der Waals surface area contributed by atoms with Crippen LogP contribution >= 0.6 is 0 Å². The fourth-order valence-corrected chi connectivity index (χ4v) is 4.82. The number of nitrogens with zero attached hydrogens (tertiary/aromatic N) is 2. The SMILES string of the molecule is COc1cc([C@H]2CN(CC(F)F)CCN2Cc2c(OC)cc(C)c3[nH]ccc23)ccc1C(=O)O. The molecule has 182 valence electrons. The third-order valence-electron chi connectivity index (χ3n) is 6.50. The zero-order valence-electron chi connectivity index (χ0n) is 19.5. The number of aromatic carboxylic acids is 1. The lowest BCUT2D eigenvalue weighted by Gasteiger charge is -2.42. The summed E-state index contributed by atoms with van der Waals surface area (Å²) in [5.74, 6) is -0.0588. The normalized spacial score (nSPS) is 17.4. The van der Waals surface area contributed by atoms with Gasteiger partial charge in [-0.25, -0.2) is 13.6 Å². The largest absolute Gasteiger partial charge is 0.496 e. The Morgan fingerprint density at radius 2 is 1.94 bits per heavy atom. The van der Waals surface area contributed by atoms with Crippen molar-refractivity contribution < 1.29 is 28.2 Å². The summed E-state index contributed by atoms with van der Waals surface area (Å²) in [6, 6.07) is 8.74. The van der Waals surface area contributed by atoms with Crippen molar-refractivity contribution in [3.05, 3.63) is 58.8 Å². The number of fused-ring (bicyclic) bond motifs is 1. The van der Waals surface area contributed by atoms with Gasteiger partial charge in [-0.05, 0) is 42.3 Å². The maximum absolute atomic E-state index is 13.2. The summed E-state index contributed by atoms with van der Waals surface area (Å²) in [5, 5.41) is 10.5. The lowest BCUT2D eigenvalue weighted by molar-refractivity contribution is 0.0245. The Balaban J connectivity index is 1.73. The van der Waals surface area contributed by atoms with E-state index >= 15 is 0 Å². The van der Waals surface area contributed by atoms with Crippen molar-refractivity contribution in [1.82, 2.24) is 14.8 Å². The van der Waals surface area contributed by atoms with Crippen LogP contribution in [0.2, 0.25) is 0 Å². The molecule has 34 heavy (non-hydrogen) atoms. The first kappa shape index (κ1) is 24.0. The van der Waals surface area contributed by atoms with E-state index in [1.165, 1.54) is 13.2 Å². The highest BCUT2D eigenvalue weighted by atomic mass is 19.3. The van der Waals surface area contributed by atoms with Crippen molar-refractivity contribution in [3.63, 3.8) is 0 Å². The van der Waals surface area contributed by atoms with Crippen molar-refractivity contribution >= 4 is 16.9 Å². The number of rotatable bonds is 8. The average Bonchev–Trinajstić information content (AvgIpc) is 3.31. The molecular weight excluding hydrogens is 444 g/mol. The van der Waals surface area contributed by atoms with E-state index in [-0.39, 0.29) is 23.9 Å². The molecule has 0 unspecified atom stereocenters. The summed E-state index contributed by atoms with van der Waals surface area (Å²) in [5.41, 5.74) is 4.01. The van der Waals surface area contributed by atoms with E-state index in [9.17, 15) is 18.7 Å². The molecule has 1 atom stereocenters. The first-order valence-electron chi connectivity index (χ1n) is 11.1. The topological polar surface area (TPSA) is 78.0 Å². The summed E-state index contributed by atoms with van der Waals surface area (Å²) < 4.78 is 37.4. The van der Waals surface area contributed by atoms with E-state index in [0.717, 1.165) is 33.3 Å². The van der Waals surface area contributed by atoms with Crippen molar-refractivity contribution in [2.24, 2.45) is 0 Å². The van der Waals surface area contributed by atoms with Gasteiger partial charge in [0.15, 0.2) is 0 Å². The van der Waals surface area contributed by atoms with E-state index in [0.29, 0.717) is 26.2 Å². The molecule has 3 aromatic rings. The van der Waals surface area contributed by atoms with E-state index in [2.05, 4.69) is 9.88 Å². The van der Waals surface area contributed by atoms with E-state index in [1.807, 2.05) is 25.3 Å². The highest BCUT2D eigenvalue weighted by molar-refractivity contribution is 5.91.